The fraction of sp³-hybridized carbons (Fsp3) is 0.659. The molecule has 2 aromatic carbocycles. The smallest absolute Gasteiger partial charge is 0.0639 e. The third-order valence-corrected chi connectivity index (χ3v) is 8.60. The van der Waals surface area contributed by atoms with Gasteiger partial charge in [-0.05, 0) is 118 Å². The number of hydrogen-bond donors (Lipinski definition) is 0. The summed E-state index contributed by atoms with van der Waals surface area (Å²) in [5.41, 5.74) is 10.3. The van der Waals surface area contributed by atoms with E-state index in [2.05, 4.69) is 77.9 Å². The average molecular weight is 646 g/mol. The first-order chi connectivity index (χ1) is 21.0. The van der Waals surface area contributed by atoms with Gasteiger partial charge >= 0.3 is 0 Å². The van der Waals surface area contributed by atoms with Crippen molar-refractivity contribution in [1.82, 2.24) is 0 Å². The van der Waals surface area contributed by atoms with Gasteiger partial charge in [-0.15, -0.1) is 0 Å². The molecule has 0 aliphatic rings. The molecule has 0 fully saturated rings. The van der Waals surface area contributed by atoms with Crippen LogP contribution in [0.2, 0.25) is 0 Å². The topological polar surface area (TPSA) is 24.7 Å². The molecular formula is C41H66N2Ni. The quantitative estimate of drug-likeness (QED) is 0.0617. The van der Waals surface area contributed by atoms with Crippen molar-refractivity contribution in [1.29, 1.82) is 0 Å². The Bertz CT molecular complexity index is 1030. The molecule has 0 unspecified atom stereocenters. The van der Waals surface area contributed by atoms with Crippen molar-refractivity contribution in [3.8, 4) is 0 Å². The fourth-order valence-electron chi connectivity index (χ4n) is 5.96. The Morgan fingerprint density at radius 1 is 0.432 bits per heavy atom. The molecule has 250 valence electrons. The maximum absolute atomic E-state index is 5.38. The monoisotopic (exact) mass is 644 g/mol. The molecule has 0 heterocycles. The van der Waals surface area contributed by atoms with Crippen LogP contribution in [-0.4, -0.2) is 11.4 Å². The Hall–Kier alpha value is -1.73. The Morgan fingerprint density at radius 3 is 1.14 bits per heavy atom. The minimum absolute atomic E-state index is 0. The summed E-state index contributed by atoms with van der Waals surface area (Å²) in [6.45, 7) is 13.6. The van der Waals surface area contributed by atoms with E-state index in [-0.39, 0.29) is 16.5 Å². The molecule has 0 N–H and O–H groups in total. The summed E-state index contributed by atoms with van der Waals surface area (Å²) in [6.07, 6.45) is 25.9. The standard InChI is InChI=1S/C41H66N2.Ni/c1-7-12-17-22-27-41(43-40-32-37(25-20-15-10-4)29-38(33-40)26-21-16-11-5)34(6)42-39-30-35(23-18-13-8-2)28-36(31-39)24-19-14-9-3;/h28-33H,7-27H2,1-6H3;/b42-34+,43-41+;. The van der Waals surface area contributed by atoms with E-state index in [1.54, 1.807) is 0 Å². The van der Waals surface area contributed by atoms with Crippen molar-refractivity contribution < 1.29 is 16.5 Å². The van der Waals surface area contributed by atoms with Crippen LogP contribution in [0.4, 0.5) is 11.4 Å². The summed E-state index contributed by atoms with van der Waals surface area (Å²) < 4.78 is 0. The third kappa shape index (κ3) is 17.1. The summed E-state index contributed by atoms with van der Waals surface area (Å²) in [5, 5.41) is 0. The van der Waals surface area contributed by atoms with Crippen LogP contribution < -0.4 is 0 Å². The molecule has 44 heavy (non-hydrogen) atoms. The van der Waals surface area contributed by atoms with Gasteiger partial charge in [-0.3, -0.25) is 9.98 Å². The Morgan fingerprint density at radius 2 is 0.773 bits per heavy atom. The second-order valence-electron chi connectivity index (χ2n) is 12.9. The van der Waals surface area contributed by atoms with E-state index in [0.29, 0.717) is 0 Å². The van der Waals surface area contributed by atoms with Gasteiger partial charge in [0.2, 0.25) is 0 Å². The van der Waals surface area contributed by atoms with Gasteiger partial charge in [-0.2, -0.15) is 0 Å². The van der Waals surface area contributed by atoms with E-state index in [1.165, 1.54) is 131 Å². The van der Waals surface area contributed by atoms with Gasteiger partial charge < -0.3 is 0 Å². The molecule has 2 nitrogen and oxygen atoms in total. The zero-order valence-electron chi connectivity index (χ0n) is 29.5. The number of hydrogen-bond acceptors (Lipinski definition) is 2. The minimum atomic E-state index is 0. The molecule has 0 bridgehead atoms. The van der Waals surface area contributed by atoms with Crippen molar-refractivity contribution >= 4 is 22.8 Å². The third-order valence-electron chi connectivity index (χ3n) is 8.60. The zero-order chi connectivity index (χ0) is 31.1. The summed E-state index contributed by atoms with van der Waals surface area (Å²) in [6, 6.07) is 14.3. The fourth-order valence-corrected chi connectivity index (χ4v) is 5.96. The van der Waals surface area contributed by atoms with Crippen LogP contribution in [0, 0.1) is 0 Å². The molecule has 2 aromatic rings. The molecule has 0 saturated heterocycles. The second kappa shape index (κ2) is 25.5. The molecule has 0 atom stereocenters. The number of unbranched alkanes of at least 4 members (excludes halogenated alkanes) is 11. The predicted octanol–water partition coefficient (Wildman–Crippen LogP) is 13.5. The van der Waals surface area contributed by atoms with Crippen LogP contribution in [0.5, 0.6) is 0 Å². The van der Waals surface area contributed by atoms with E-state index in [0.717, 1.165) is 49.2 Å². The average Bonchev–Trinajstić information content (AvgIpc) is 2.99. The van der Waals surface area contributed by atoms with Gasteiger partial charge in [0.15, 0.2) is 0 Å². The first-order valence-electron chi connectivity index (χ1n) is 18.4. The first-order valence-corrected chi connectivity index (χ1v) is 18.4. The van der Waals surface area contributed by atoms with Crippen LogP contribution in [0.3, 0.4) is 0 Å². The van der Waals surface area contributed by atoms with Crippen LogP contribution in [0.15, 0.2) is 46.4 Å². The predicted molar refractivity (Wildman–Crippen MR) is 194 cm³/mol. The maximum Gasteiger partial charge on any atom is 0.0639 e. The van der Waals surface area contributed by atoms with Crippen LogP contribution >= 0.6 is 0 Å². The molecule has 0 aliphatic heterocycles. The summed E-state index contributed by atoms with van der Waals surface area (Å²) in [4.78, 5) is 10.7. The van der Waals surface area contributed by atoms with Crippen molar-refractivity contribution in [2.45, 2.75) is 176 Å². The van der Waals surface area contributed by atoms with Gasteiger partial charge in [0, 0.05) is 16.5 Å². The molecule has 0 aliphatic carbocycles. The van der Waals surface area contributed by atoms with Gasteiger partial charge in [0.05, 0.1) is 22.8 Å². The summed E-state index contributed by atoms with van der Waals surface area (Å²) >= 11 is 0. The molecule has 2 rings (SSSR count). The summed E-state index contributed by atoms with van der Waals surface area (Å²) in [5.74, 6) is 0. The van der Waals surface area contributed by atoms with E-state index in [1.807, 2.05) is 0 Å². The van der Waals surface area contributed by atoms with E-state index in [4.69, 9.17) is 9.98 Å². The maximum atomic E-state index is 5.38. The Labute approximate surface area is 283 Å². The van der Waals surface area contributed by atoms with Crippen LogP contribution in [0.25, 0.3) is 0 Å². The van der Waals surface area contributed by atoms with Crippen molar-refractivity contribution in [3.05, 3.63) is 58.7 Å². The van der Waals surface area contributed by atoms with E-state index in [9.17, 15) is 0 Å². The molecule has 0 amide bonds. The van der Waals surface area contributed by atoms with Crippen molar-refractivity contribution in [2.75, 3.05) is 0 Å². The minimum Gasteiger partial charge on any atom is -0.252 e. The Balaban J connectivity index is 0.00000968. The number of nitrogens with zero attached hydrogens (tertiary/aromatic N) is 2. The molecule has 0 spiro atoms. The Kier molecular flexibility index (Phi) is 23.3. The molecular weight excluding hydrogens is 579 g/mol. The molecule has 3 heteroatoms. The molecule has 0 radical (unpaired) electrons. The van der Waals surface area contributed by atoms with E-state index < -0.39 is 0 Å². The number of aliphatic imine (C=N–C) groups is 2. The van der Waals surface area contributed by atoms with Gasteiger partial charge in [-0.25, -0.2) is 0 Å². The number of aryl methyl sites for hydroxylation is 4. The number of rotatable bonds is 24. The van der Waals surface area contributed by atoms with Crippen LogP contribution in [-0.2, 0) is 42.2 Å². The van der Waals surface area contributed by atoms with Gasteiger partial charge in [-0.1, -0.05) is 117 Å². The largest absolute Gasteiger partial charge is 0.252 e. The molecule has 0 saturated carbocycles. The van der Waals surface area contributed by atoms with E-state index >= 15 is 0 Å². The molecule has 0 aromatic heterocycles. The first kappa shape index (κ1) is 40.3. The second-order valence-corrected chi connectivity index (χ2v) is 12.9. The van der Waals surface area contributed by atoms with Crippen LogP contribution in [0.1, 0.15) is 173 Å². The van der Waals surface area contributed by atoms with Crippen molar-refractivity contribution in [3.63, 3.8) is 0 Å². The SMILES string of the molecule is CCCCCCC(=N\c1cc(CCCCC)cc(CCCCC)c1)/C(C)=N/c1cc(CCCCC)cc(CCCCC)c1.[Ni]. The normalized spacial score (nSPS) is 12.0. The van der Waals surface area contributed by atoms with Gasteiger partial charge in [0.25, 0.3) is 0 Å². The van der Waals surface area contributed by atoms with Gasteiger partial charge in [0.1, 0.15) is 0 Å². The van der Waals surface area contributed by atoms with Crippen molar-refractivity contribution in [2.24, 2.45) is 9.98 Å². The zero-order valence-corrected chi connectivity index (χ0v) is 30.5. The summed E-state index contributed by atoms with van der Waals surface area (Å²) in [7, 11) is 0. The number of benzene rings is 2.